The summed E-state index contributed by atoms with van der Waals surface area (Å²) in [7, 11) is -2.76. The Morgan fingerprint density at radius 1 is 0.619 bits per heavy atom. The molecule has 1 atom stereocenters. The monoisotopic (exact) mass is 844 g/mol. The van der Waals surface area contributed by atoms with Gasteiger partial charge in [0.05, 0.1) is 12.3 Å². The quantitative estimate of drug-likeness (QED) is 0.0536. The van der Waals surface area contributed by atoms with Crippen molar-refractivity contribution in [3.05, 3.63) is 248 Å². The molecule has 304 valence electrons. The minimum absolute atomic E-state index is 0.325. The van der Waals surface area contributed by atoms with Crippen LogP contribution < -0.4 is 15.6 Å². The van der Waals surface area contributed by atoms with Crippen LogP contribution in [0, 0.1) is 0 Å². The number of hydrogen-bond donors (Lipinski definition) is 0. The number of fused-ring (bicyclic) bond motifs is 3. The van der Waals surface area contributed by atoms with E-state index in [-0.39, 0.29) is 0 Å². The van der Waals surface area contributed by atoms with Gasteiger partial charge in [0.1, 0.15) is 0 Å². The summed E-state index contributed by atoms with van der Waals surface area (Å²) in [5.41, 5.74) is 9.14. The van der Waals surface area contributed by atoms with Crippen LogP contribution in [0.15, 0.2) is 247 Å². The molecule has 0 N–H and O–H groups in total. The number of aliphatic imine (C=N–C) groups is 2. The summed E-state index contributed by atoms with van der Waals surface area (Å²) in [5, 5.41) is 7.08. The fourth-order valence-corrected chi connectivity index (χ4v) is 16.4. The summed E-state index contributed by atoms with van der Waals surface area (Å²) >= 11 is 1.91. The first-order chi connectivity index (χ1) is 31.2. The molecule has 0 fully saturated rings. The second-order valence-electron chi connectivity index (χ2n) is 16.4. The maximum atomic E-state index is 5.19. The van der Waals surface area contributed by atoms with E-state index in [2.05, 4.69) is 207 Å². The molecule has 1 heterocycles. The summed E-state index contributed by atoms with van der Waals surface area (Å²) in [6.45, 7) is 4.75. The average Bonchev–Trinajstić information content (AvgIpc) is 3.75. The molecule has 63 heavy (non-hydrogen) atoms. The average molecular weight is 845 g/mol. The zero-order valence-electron chi connectivity index (χ0n) is 35.3. The predicted octanol–water partition coefficient (Wildman–Crippen LogP) is 13.4. The van der Waals surface area contributed by atoms with Crippen LogP contribution in [0.2, 0.25) is 5.54 Å². The Hall–Kier alpha value is -6.98. The summed E-state index contributed by atoms with van der Waals surface area (Å²) in [6.07, 6.45) is 20.8. The number of nitrogens with zero attached hydrogens (tertiary/aromatic N) is 2. The Morgan fingerprint density at radius 2 is 1.29 bits per heavy atom. The van der Waals surface area contributed by atoms with Crippen LogP contribution in [-0.4, -0.2) is 26.2 Å². The lowest BCUT2D eigenvalue weighted by Gasteiger charge is -2.40. The second kappa shape index (κ2) is 18.2. The smallest absolute Gasteiger partial charge is 0.156 e. The first-order valence-corrected chi connectivity index (χ1v) is 24.9. The number of thiophene rings is 1. The van der Waals surface area contributed by atoms with Crippen LogP contribution in [0.4, 0.5) is 0 Å². The standard InChI is InChI=1S/C59H48N2SSi/c1-2-54(44-24-10-4-11-25-44)61-59(60-42-43-22-8-3-9-23-43)48-29-21-27-46(39-48)45-26-20-28-47(38-45)49-40-56-58(53-36-18-19-37-55(53)62-56)57(41-49)63(50-30-12-5-13-31-50,51-32-14-6-15-33-51)52-34-16-7-17-35-52/h2-8,10-22,24-34,36-41,52H,1,9,23,35,42H2. The lowest BCUT2D eigenvalue weighted by Crippen LogP contribution is -2.69. The van der Waals surface area contributed by atoms with Crippen molar-refractivity contribution >= 4 is 66.7 Å². The number of benzene rings is 7. The highest BCUT2D eigenvalue weighted by atomic mass is 32.1. The Balaban J connectivity index is 1.14. The molecule has 0 amide bonds. The Labute approximate surface area is 376 Å². The largest absolute Gasteiger partial charge is 0.262 e. The van der Waals surface area contributed by atoms with Crippen molar-refractivity contribution < 1.29 is 0 Å². The second-order valence-corrected chi connectivity index (χ2v) is 21.5. The SMILES string of the molecule is C=CC(=NC(=NCC1=CC=CCC1)c1cccc(-c2cccc(-c3cc([Si](c4ccccc4)(c4ccccc4)C4C=CC=CC4)c4c(c3)sc3ccccc34)c2)c1)c1ccccc1. The van der Waals surface area contributed by atoms with E-state index in [0.29, 0.717) is 17.9 Å². The molecule has 2 nitrogen and oxygen atoms in total. The summed E-state index contributed by atoms with van der Waals surface area (Å²) in [5.74, 6) is 0.705. The molecule has 10 rings (SSSR count). The topological polar surface area (TPSA) is 24.7 Å². The van der Waals surface area contributed by atoms with Gasteiger partial charge in [0.2, 0.25) is 0 Å². The van der Waals surface area contributed by atoms with E-state index in [1.807, 2.05) is 35.6 Å². The molecule has 0 saturated carbocycles. The molecule has 2 aliphatic carbocycles. The molecule has 1 unspecified atom stereocenters. The normalized spacial score (nSPS) is 15.5. The first kappa shape index (κ1) is 40.1. The third-order valence-corrected chi connectivity index (χ3v) is 19.0. The molecule has 0 saturated heterocycles. The van der Waals surface area contributed by atoms with E-state index in [1.54, 1.807) is 0 Å². The van der Waals surface area contributed by atoms with Crippen LogP contribution in [0.25, 0.3) is 42.4 Å². The van der Waals surface area contributed by atoms with Crippen molar-refractivity contribution in [1.82, 2.24) is 0 Å². The Kier molecular flexibility index (Phi) is 11.6. The van der Waals surface area contributed by atoms with Crippen molar-refractivity contribution in [2.75, 3.05) is 6.54 Å². The Morgan fingerprint density at radius 3 is 1.98 bits per heavy atom. The van der Waals surface area contributed by atoms with Crippen molar-refractivity contribution in [3.63, 3.8) is 0 Å². The number of hydrogen-bond acceptors (Lipinski definition) is 2. The van der Waals surface area contributed by atoms with E-state index >= 15 is 0 Å². The van der Waals surface area contributed by atoms with Crippen molar-refractivity contribution in [3.8, 4) is 22.3 Å². The van der Waals surface area contributed by atoms with Crippen LogP contribution in [0.3, 0.4) is 0 Å². The van der Waals surface area contributed by atoms with Crippen LogP contribution in [0.5, 0.6) is 0 Å². The number of amidine groups is 1. The van der Waals surface area contributed by atoms with Gasteiger partial charge in [-0.25, -0.2) is 4.99 Å². The molecular weight excluding hydrogens is 797 g/mol. The fraction of sp³-hybridized carbons (Fsp3) is 0.0847. The molecule has 0 bridgehead atoms. The minimum atomic E-state index is -2.76. The zero-order valence-corrected chi connectivity index (χ0v) is 37.1. The molecular formula is C59H48N2SSi. The van der Waals surface area contributed by atoms with Gasteiger partial charge in [-0.1, -0.05) is 201 Å². The lowest BCUT2D eigenvalue weighted by molar-refractivity contribution is 0.915. The van der Waals surface area contributed by atoms with E-state index in [4.69, 9.17) is 9.98 Å². The van der Waals surface area contributed by atoms with E-state index in [0.717, 1.165) is 47.2 Å². The molecule has 0 aliphatic heterocycles. The molecule has 8 aromatic rings. The third kappa shape index (κ3) is 8.00. The van der Waals surface area contributed by atoms with Crippen molar-refractivity contribution in [2.24, 2.45) is 9.98 Å². The fourth-order valence-electron chi connectivity index (χ4n) is 9.56. The zero-order chi connectivity index (χ0) is 42.4. The minimum Gasteiger partial charge on any atom is -0.262 e. The highest BCUT2D eigenvalue weighted by molar-refractivity contribution is 7.26. The van der Waals surface area contributed by atoms with Crippen molar-refractivity contribution in [2.45, 2.75) is 24.8 Å². The van der Waals surface area contributed by atoms with Gasteiger partial charge >= 0.3 is 0 Å². The summed E-state index contributed by atoms with van der Waals surface area (Å²) in [6, 6.07) is 64.9. The number of allylic oxidation sites excluding steroid dienone is 8. The maximum Gasteiger partial charge on any atom is 0.156 e. The van der Waals surface area contributed by atoms with Gasteiger partial charge < -0.3 is 0 Å². The highest BCUT2D eigenvalue weighted by Gasteiger charge is 2.46. The first-order valence-electron chi connectivity index (χ1n) is 22.0. The predicted molar refractivity (Wildman–Crippen MR) is 275 cm³/mol. The van der Waals surface area contributed by atoms with Crippen LogP contribution in [0.1, 0.15) is 30.4 Å². The van der Waals surface area contributed by atoms with Gasteiger partial charge in [-0.3, -0.25) is 4.99 Å². The van der Waals surface area contributed by atoms with Gasteiger partial charge in [0, 0.05) is 31.3 Å². The van der Waals surface area contributed by atoms with Crippen LogP contribution in [-0.2, 0) is 0 Å². The van der Waals surface area contributed by atoms with E-state index in [1.165, 1.54) is 52.4 Å². The number of rotatable bonds is 11. The van der Waals surface area contributed by atoms with Crippen LogP contribution >= 0.6 is 11.3 Å². The molecule has 4 heteroatoms. The van der Waals surface area contributed by atoms with Gasteiger partial charge in [-0.2, -0.15) is 0 Å². The van der Waals surface area contributed by atoms with E-state index < -0.39 is 8.07 Å². The van der Waals surface area contributed by atoms with E-state index in [9.17, 15) is 0 Å². The molecule has 0 spiro atoms. The summed E-state index contributed by atoms with van der Waals surface area (Å²) < 4.78 is 2.65. The highest BCUT2D eigenvalue weighted by Crippen LogP contribution is 2.40. The van der Waals surface area contributed by atoms with Gasteiger partial charge in [0.15, 0.2) is 13.9 Å². The van der Waals surface area contributed by atoms with Gasteiger partial charge in [-0.05, 0) is 98.5 Å². The molecule has 7 aromatic carbocycles. The van der Waals surface area contributed by atoms with Gasteiger partial charge in [-0.15, -0.1) is 11.3 Å². The molecule has 1 aromatic heterocycles. The maximum absolute atomic E-state index is 5.19. The lowest BCUT2D eigenvalue weighted by atomic mass is 9.97. The van der Waals surface area contributed by atoms with Crippen molar-refractivity contribution in [1.29, 1.82) is 0 Å². The summed E-state index contributed by atoms with van der Waals surface area (Å²) in [4.78, 5) is 10.4. The molecule has 0 radical (unpaired) electrons. The Bertz CT molecular complexity index is 3090. The van der Waals surface area contributed by atoms with Gasteiger partial charge in [0.25, 0.3) is 0 Å². The third-order valence-electron chi connectivity index (χ3n) is 12.6. The molecule has 2 aliphatic rings.